The fourth-order valence-electron chi connectivity index (χ4n) is 3.53. The molecule has 1 rings (SSSR count). The number of halogens is 1. The number of alkyl halides is 1. The predicted molar refractivity (Wildman–Crippen MR) is 165 cm³/mol. The quantitative estimate of drug-likeness (QED) is 0.0721. The minimum absolute atomic E-state index is 0.130. The molecule has 44 heavy (non-hydrogen) atoms. The van der Waals surface area contributed by atoms with Crippen LogP contribution in [0.4, 0.5) is 4.79 Å². The molecular weight excluding hydrogens is 598 g/mol. The number of carbonyl (C=O) groups is 3. The minimum atomic E-state index is -1.08. The van der Waals surface area contributed by atoms with Crippen LogP contribution in [0.2, 0.25) is 0 Å². The van der Waals surface area contributed by atoms with E-state index in [9.17, 15) is 14.4 Å². The molecule has 0 saturated carbocycles. The normalized spacial score (nSPS) is 10.9. The second-order valence-electron chi connectivity index (χ2n) is 9.49. The van der Waals surface area contributed by atoms with E-state index in [0.29, 0.717) is 90.6 Å². The van der Waals surface area contributed by atoms with Crippen molar-refractivity contribution in [3.8, 4) is 0 Å². The Labute approximate surface area is 265 Å². The summed E-state index contributed by atoms with van der Waals surface area (Å²) in [4.78, 5) is 34.6. The van der Waals surface area contributed by atoms with E-state index >= 15 is 0 Å². The van der Waals surface area contributed by atoms with Gasteiger partial charge in [-0.05, 0) is 30.5 Å². The molecule has 13 nitrogen and oxygen atoms in total. The number of benzene rings is 1. The highest BCUT2D eigenvalue weighted by atomic mass is 35.5. The zero-order chi connectivity index (χ0) is 31.9. The Bertz CT molecular complexity index is 864. The molecule has 0 aliphatic rings. The van der Waals surface area contributed by atoms with Gasteiger partial charge >= 0.3 is 6.09 Å². The molecule has 3 amide bonds. The Kier molecular flexibility index (Phi) is 26.2. The highest BCUT2D eigenvalue weighted by Gasteiger charge is 2.06. The first-order valence-electron chi connectivity index (χ1n) is 15.2. The molecule has 0 aliphatic carbocycles. The van der Waals surface area contributed by atoms with E-state index in [2.05, 4.69) is 16.0 Å². The molecule has 1 aromatic rings. The van der Waals surface area contributed by atoms with Gasteiger partial charge < -0.3 is 49.5 Å². The molecule has 0 atom stereocenters. The lowest BCUT2D eigenvalue weighted by atomic mass is 10.1. The van der Waals surface area contributed by atoms with Gasteiger partial charge in [0, 0.05) is 44.1 Å². The van der Waals surface area contributed by atoms with Crippen LogP contribution < -0.4 is 16.0 Å². The van der Waals surface area contributed by atoms with Gasteiger partial charge in [0.1, 0.15) is 0 Å². The topological polar surface area (TPSA) is 163 Å². The van der Waals surface area contributed by atoms with Crippen LogP contribution in [0.15, 0.2) is 24.3 Å². The van der Waals surface area contributed by atoms with E-state index in [1.165, 1.54) is 0 Å². The van der Waals surface area contributed by atoms with Crippen LogP contribution in [0, 0.1) is 0 Å². The smallest absolute Gasteiger partial charge is 0.404 e. The number of ether oxygens (including phenoxy) is 6. The lowest BCUT2D eigenvalue weighted by molar-refractivity contribution is -0.122. The Morgan fingerprint density at radius 2 is 1.09 bits per heavy atom. The van der Waals surface area contributed by atoms with E-state index in [1.54, 1.807) is 12.1 Å². The molecule has 0 aliphatic heterocycles. The van der Waals surface area contributed by atoms with E-state index in [-0.39, 0.29) is 31.4 Å². The van der Waals surface area contributed by atoms with Gasteiger partial charge in [-0.2, -0.15) is 0 Å². The summed E-state index contributed by atoms with van der Waals surface area (Å²) >= 11 is 5.65. The van der Waals surface area contributed by atoms with Crippen molar-refractivity contribution < 1.29 is 47.9 Å². The first-order valence-corrected chi connectivity index (χ1v) is 15.7. The molecule has 0 radical (unpaired) electrons. The fraction of sp³-hybridized carbons (Fsp3) is 0.700. The molecule has 0 fully saturated rings. The number of amides is 3. The van der Waals surface area contributed by atoms with E-state index < -0.39 is 6.09 Å². The zero-order valence-corrected chi connectivity index (χ0v) is 26.4. The monoisotopic (exact) mass is 647 g/mol. The van der Waals surface area contributed by atoms with Crippen LogP contribution in [0.5, 0.6) is 0 Å². The molecular formula is C30H50ClN3O10. The third-order valence-electron chi connectivity index (χ3n) is 5.89. The summed E-state index contributed by atoms with van der Waals surface area (Å²) in [6, 6.07) is 7.07. The van der Waals surface area contributed by atoms with Crippen molar-refractivity contribution >= 4 is 29.5 Å². The third kappa shape index (κ3) is 24.9. The maximum absolute atomic E-state index is 12.3. The average molecular weight is 648 g/mol. The van der Waals surface area contributed by atoms with E-state index in [1.807, 2.05) is 12.1 Å². The van der Waals surface area contributed by atoms with Crippen LogP contribution in [-0.2, 0) is 39.8 Å². The number of hydrogen-bond donors (Lipinski definition) is 4. The van der Waals surface area contributed by atoms with Crippen molar-refractivity contribution in [2.45, 2.75) is 38.6 Å². The summed E-state index contributed by atoms with van der Waals surface area (Å²) in [6.45, 7) is 6.10. The molecule has 0 heterocycles. The van der Waals surface area contributed by atoms with Crippen LogP contribution in [0.25, 0.3) is 0 Å². The zero-order valence-electron chi connectivity index (χ0n) is 25.7. The van der Waals surface area contributed by atoms with E-state index in [4.69, 9.17) is 45.1 Å². The largest absolute Gasteiger partial charge is 0.465 e. The Morgan fingerprint density at radius 1 is 0.591 bits per heavy atom. The van der Waals surface area contributed by atoms with Crippen molar-refractivity contribution in [3.05, 3.63) is 35.4 Å². The third-order valence-corrected chi connectivity index (χ3v) is 6.16. The van der Waals surface area contributed by atoms with Crippen LogP contribution in [0.1, 0.15) is 48.0 Å². The van der Waals surface area contributed by atoms with Gasteiger partial charge in [-0.25, -0.2) is 4.79 Å². The number of rotatable bonds is 30. The maximum atomic E-state index is 12.3. The van der Waals surface area contributed by atoms with Gasteiger partial charge in [-0.3, -0.25) is 9.59 Å². The summed E-state index contributed by atoms with van der Waals surface area (Å²) in [5.41, 5.74) is 1.42. The van der Waals surface area contributed by atoms with Crippen LogP contribution in [-0.4, -0.2) is 121 Å². The molecule has 0 bridgehead atoms. The van der Waals surface area contributed by atoms with Gasteiger partial charge in [0.2, 0.25) is 5.91 Å². The minimum Gasteiger partial charge on any atom is -0.465 e. The lowest BCUT2D eigenvalue weighted by Gasteiger charge is -2.09. The Balaban J connectivity index is 1.94. The van der Waals surface area contributed by atoms with Gasteiger partial charge in [0.15, 0.2) is 0 Å². The first-order chi connectivity index (χ1) is 21.5. The van der Waals surface area contributed by atoms with Crippen molar-refractivity contribution in [1.29, 1.82) is 0 Å². The van der Waals surface area contributed by atoms with E-state index in [0.717, 1.165) is 37.9 Å². The highest BCUT2D eigenvalue weighted by Crippen LogP contribution is 2.05. The van der Waals surface area contributed by atoms with Crippen molar-refractivity contribution in [2.75, 3.05) is 98.3 Å². The molecule has 0 unspecified atom stereocenters. The number of carboxylic acid groups (broad SMARTS) is 1. The molecule has 0 aromatic heterocycles. The highest BCUT2D eigenvalue weighted by molar-refractivity contribution is 6.17. The maximum Gasteiger partial charge on any atom is 0.404 e. The van der Waals surface area contributed by atoms with Crippen LogP contribution in [0.3, 0.4) is 0 Å². The summed E-state index contributed by atoms with van der Waals surface area (Å²) in [5, 5.41) is 16.3. The molecule has 4 N–H and O–H groups in total. The second-order valence-corrected chi connectivity index (χ2v) is 9.87. The lowest BCUT2D eigenvalue weighted by Crippen LogP contribution is -2.27. The predicted octanol–water partition coefficient (Wildman–Crippen LogP) is 2.59. The second kappa shape index (κ2) is 29.2. The Hall–Kier alpha value is -2.52. The van der Waals surface area contributed by atoms with Crippen molar-refractivity contribution in [3.63, 3.8) is 0 Å². The summed E-state index contributed by atoms with van der Waals surface area (Å²) < 4.78 is 32.4. The van der Waals surface area contributed by atoms with Gasteiger partial charge in [-0.15, -0.1) is 11.6 Å². The summed E-state index contributed by atoms with van der Waals surface area (Å²) in [7, 11) is 0. The molecule has 0 spiro atoms. The van der Waals surface area contributed by atoms with Crippen molar-refractivity contribution in [1.82, 2.24) is 16.0 Å². The van der Waals surface area contributed by atoms with Crippen molar-refractivity contribution in [2.24, 2.45) is 0 Å². The molecule has 0 saturated heterocycles. The van der Waals surface area contributed by atoms with Gasteiger partial charge in [0.25, 0.3) is 5.91 Å². The molecule has 14 heteroatoms. The molecule has 1 aromatic carbocycles. The number of unbranched alkanes of at least 4 members (excludes halogenated alkanes) is 3. The fourth-order valence-corrected chi connectivity index (χ4v) is 3.72. The average Bonchev–Trinajstić information content (AvgIpc) is 3.02. The number of carbonyl (C=O) groups excluding carboxylic acids is 2. The number of nitrogens with one attached hydrogen (secondary N) is 3. The van der Waals surface area contributed by atoms with Crippen LogP contribution >= 0.6 is 11.6 Å². The number of hydrogen-bond acceptors (Lipinski definition) is 9. The first kappa shape index (κ1) is 39.5. The Morgan fingerprint density at radius 3 is 1.66 bits per heavy atom. The standard InChI is InChI=1S/C30H50ClN3O10/c31-10-3-1-2-4-13-39-17-19-41-15-11-32-29(36)27-7-5-26(6-8-27)25-34-28(35)9-14-40-18-21-43-23-24-44-22-20-42-16-12-33-30(37)38/h5-8,33H,1-4,9-25H2,(H,32,36)(H,34,35)(H,37,38). The summed E-state index contributed by atoms with van der Waals surface area (Å²) in [5.74, 6) is 0.404. The van der Waals surface area contributed by atoms with Gasteiger partial charge in [0.05, 0.1) is 72.7 Å². The summed E-state index contributed by atoms with van der Waals surface area (Å²) in [6.07, 6.45) is 3.49. The molecule has 252 valence electrons. The van der Waals surface area contributed by atoms with Gasteiger partial charge in [-0.1, -0.05) is 25.0 Å². The SMILES string of the molecule is O=C(O)NCCOCCOCCOCCOCCC(=O)NCc1ccc(C(=O)NCCOCCOCCCCCCCl)cc1.